The molecule has 0 fully saturated rings. The summed E-state index contributed by atoms with van der Waals surface area (Å²) < 4.78 is 22.8. The van der Waals surface area contributed by atoms with Gasteiger partial charge in [-0.1, -0.05) is 31.2 Å². The molecule has 0 amide bonds. The Labute approximate surface area is 125 Å². The van der Waals surface area contributed by atoms with Crippen molar-refractivity contribution in [3.8, 4) is 0 Å². The average molecular weight is 305 g/mol. The fourth-order valence-corrected chi connectivity index (χ4v) is 2.58. The highest BCUT2D eigenvalue weighted by molar-refractivity contribution is 7.89. The number of hydrogen-bond donors (Lipinski definition) is 3. The number of hydrogen-bond acceptors (Lipinski definition) is 4. The van der Waals surface area contributed by atoms with Crippen molar-refractivity contribution in [2.75, 3.05) is 11.1 Å². The van der Waals surface area contributed by atoms with Gasteiger partial charge in [0.15, 0.2) is 0 Å². The molecule has 0 unspecified atom stereocenters. The number of anilines is 2. The standard InChI is InChI=1S/C15H19N3O2S/c1-2-11-3-5-12(6-4-11)10-18-14-7-13(16)8-15(9-14)21(17,19)20/h3-9,18H,2,10,16H2,1H3,(H2,17,19,20). The van der Waals surface area contributed by atoms with Gasteiger partial charge in [-0.3, -0.25) is 0 Å². The number of primary sulfonamides is 1. The first-order chi connectivity index (χ1) is 9.88. The summed E-state index contributed by atoms with van der Waals surface area (Å²) in [5, 5.41) is 8.27. The van der Waals surface area contributed by atoms with Crippen molar-refractivity contribution in [3.05, 3.63) is 53.6 Å². The minimum Gasteiger partial charge on any atom is -0.399 e. The highest BCUT2D eigenvalue weighted by Crippen LogP contribution is 2.20. The van der Waals surface area contributed by atoms with E-state index in [0.29, 0.717) is 17.9 Å². The third-order valence-corrected chi connectivity index (χ3v) is 4.08. The second-order valence-electron chi connectivity index (χ2n) is 4.86. The minimum atomic E-state index is -3.76. The van der Waals surface area contributed by atoms with Crippen LogP contribution in [-0.2, 0) is 23.0 Å². The van der Waals surface area contributed by atoms with E-state index < -0.39 is 10.0 Å². The largest absolute Gasteiger partial charge is 0.399 e. The van der Waals surface area contributed by atoms with Crippen molar-refractivity contribution in [2.24, 2.45) is 5.14 Å². The lowest BCUT2D eigenvalue weighted by Gasteiger charge is -2.10. The molecule has 2 aromatic carbocycles. The quantitative estimate of drug-likeness (QED) is 0.737. The Bertz CT molecular complexity index is 725. The fraction of sp³-hybridized carbons (Fsp3) is 0.200. The summed E-state index contributed by atoms with van der Waals surface area (Å²) in [6.45, 7) is 2.69. The minimum absolute atomic E-state index is 0.00586. The van der Waals surface area contributed by atoms with Crippen LogP contribution >= 0.6 is 0 Å². The summed E-state index contributed by atoms with van der Waals surface area (Å²) in [6.07, 6.45) is 1.00. The molecule has 0 aliphatic rings. The molecule has 0 spiro atoms. The van der Waals surface area contributed by atoms with Gasteiger partial charge >= 0.3 is 0 Å². The van der Waals surface area contributed by atoms with Gasteiger partial charge in [-0.15, -0.1) is 0 Å². The summed E-state index contributed by atoms with van der Waals surface area (Å²) in [7, 11) is -3.76. The molecule has 0 aliphatic heterocycles. The predicted molar refractivity (Wildman–Crippen MR) is 85.4 cm³/mol. The lowest BCUT2D eigenvalue weighted by atomic mass is 10.1. The lowest BCUT2D eigenvalue weighted by molar-refractivity contribution is 0.598. The number of rotatable bonds is 5. The molecule has 112 valence electrons. The molecule has 21 heavy (non-hydrogen) atoms. The predicted octanol–water partition coefficient (Wildman–Crippen LogP) is 2.09. The Kier molecular flexibility index (Phi) is 4.50. The van der Waals surface area contributed by atoms with Crippen LogP contribution in [0.4, 0.5) is 11.4 Å². The molecule has 0 aromatic heterocycles. The number of aryl methyl sites for hydroxylation is 1. The van der Waals surface area contributed by atoms with E-state index in [1.807, 2.05) is 12.1 Å². The summed E-state index contributed by atoms with van der Waals surface area (Å²) in [5.74, 6) is 0. The van der Waals surface area contributed by atoms with E-state index in [2.05, 4.69) is 24.4 Å². The van der Waals surface area contributed by atoms with Crippen molar-refractivity contribution in [1.29, 1.82) is 0 Å². The molecule has 2 aromatic rings. The van der Waals surface area contributed by atoms with Gasteiger partial charge in [0, 0.05) is 17.9 Å². The number of nitrogens with two attached hydrogens (primary N) is 2. The van der Waals surface area contributed by atoms with Gasteiger partial charge in [-0.05, 0) is 35.7 Å². The van der Waals surface area contributed by atoms with E-state index in [1.54, 1.807) is 6.07 Å². The zero-order valence-corrected chi connectivity index (χ0v) is 12.7. The van der Waals surface area contributed by atoms with Crippen LogP contribution in [0.5, 0.6) is 0 Å². The molecule has 2 rings (SSSR count). The summed E-state index contributed by atoms with van der Waals surface area (Å²) in [5.41, 5.74) is 9.06. The summed E-state index contributed by atoms with van der Waals surface area (Å²) >= 11 is 0. The fourth-order valence-electron chi connectivity index (χ4n) is 1.99. The Balaban J connectivity index is 2.14. The van der Waals surface area contributed by atoms with Gasteiger partial charge in [0.05, 0.1) is 4.90 Å². The SMILES string of the molecule is CCc1ccc(CNc2cc(N)cc(S(N)(=O)=O)c2)cc1. The average Bonchev–Trinajstić information content (AvgIpc) is 2.44. The zero-order valence-electron chi connectivity index (χ0n) is 11.8. The maximum absolute atomic E-state index is 11.4. The van der Waals surface area contributed by atoms with Crippen LogP contribution in [0.3, 0.4) is 0 Å². The maximum atomic E-state index is 11.4. The van der Waals surface area contributed by atoms with Gasteiger partial charge in [0.25, 0.3) is 0 Å². The molecular weight excluding hydrogens is 286 g/mol. The molecule has 5 N–H and O–H groups in total. The topological polar surface area (TPSA) is 98.2 Å². The molecule has 0 saturated heterocycles. The Morgan fingerprint density at radius 1 is 1.05 bits per heavy atom. The van der Waals surface area contributed by atoms with Gasteiger partial charge < -0.3 is 11.1 Å². The molecule has 0 aliphatic carbocycles. The highest BCUT2D eigenvalue weighted by Gasteiger charge is 2.09. The van der Waals surface area contributed by atoms with Crippen LogP contribution in [0.15, 0.2) is 47.4 Å². The molecule has 0 saturated carbocycles. The second-order valence-corrected chi connectivity index (χ2v) is 6.42. The van der Waals surface area contributed by atoms with Crippen LogP contribution in [0.2, 0.25) is 0 Å². The van der Waals surface area contributed by atoms with Crippen LogP contribution in [0.25, 0.3) is 0 Å². The van der Waals surface area contributed by atoms with Crippen molar-refractivity contribution in [3.63, 3.8) is 0 Å². The molecular formula is C15H19N3O2S. The molecule has 6 heteroatoms. The van der Waals surface area contributed by atoms with Crippen LogP contribution in [-0.4, -0.2) is 8.42 Å². The number of benzene rings is 2. The van der Waals surface area contributed by atoms with Crippen LogP contribution in [0, 0.1) is 0 Å². The highest BCUT2D eigenvalue weighted by atomic mass is 32.2. The lowest BCUT2D eigenvalue weighted by Crippen LogP contribution is -2.13. The number of nitrogens with one attached hydrogen (secondary N) is 1. The van der Waals surface area contributed by atoms with Gasteiger partial charge in [0.2, 0.25) is 10.0 Å². The third kappa shape index (κ3) is 4.21. The first-order valence-corrected chi connectivity index (χ1v) is 8.18. The first-order valence-electron chi connectivity index (χ1n) is 6.63. The van der Waals surface area contributed by atoms with Crippen molar-refractivity contribution in [1.82, 2.24) is 0 Å². The van der Waals surface area contributed by atoms with E-state index in [0.717, 1.165) is 12.0 Å². The second kappa shape index (κ2) is 6.15. The molecule has 0 bridgehead atoms. The number of sulfonamides is 1. The molecule has 5 nitrogen and oxygen atoms in total. The van der Waals surface area contributed by atoms with Crippen molar-refractivity contribution >= 4 is 21.4 Å². The van der Waals surface area contributed by atoms with Crippen molar-refractivity contribution in [2.45, 2.75) is 24.8 Å². The van der Waals surface area contributed by atoms with Crippen molar-refractivity contribution < 1.29 is 8.42 Å². The Morgan fingerprint density at radius 3 is 2.24 bits per heavy atom. The van der Waals surface area contributed by atoms with Gasteiger partial charge in [0.1, 0.15) is 0 Å². The monoisotopic (exact) mass is 305 g/mol. The zero-order chi connectivity index (χ0) is 15.5. The molecule has 0 radical (unpaired) electrons. The van der Waals surface area contributed by atoms with Crippen LogP contribution in [0.1, 0.15) is 18.1 Å². The maximum Gasteiger partial charge on any atom is 0.238 e. The van der Waals surface area contributed by atoms with Crippen LogP contribution < -0.4 is 16.2 Å². The van der Waals surface area contributed by atoms with E-state index in [4.69, 9.17) is 10.9 Å². The molecule has 0 heterocycles. The number of nitrogen functional groups attached to an aromatic ring is 1. The van der Waals surface area contributed by atoms with Gasteiger partial charge in [-0.2, -0.15) is 0 Å². The van der Waals surface area contributed by atoms with Gasteiger partial charge in [-0.25, -0.2) is 13.6 Å². The Morgan fingerprint density at radius 2 is 1.67 bits per heavy atom. The Hall–Kier alpha value is -2.05. The smallest absolute Gasteiger partial charge is 0.238 e. The van der Waals surface area contributed by atoms with E-state index >= 15 is 0 Å². The first kappa shape index (κ1) is 15.3. The third-order valence-electron chi connectivity index (χ3n) is 3.19. The molecule has 0 atom stereocenters. The van der Waals surface area contributed by atoms with E-state index in [-0.39, 0.29) is 4.90 Å². The van der Waals surface area contributed by atoms with E-state index in [1.165, 1.54) is 17.7 Å². The normalized spacial score (nSPS) is 11.3. The summed E-state index contributed by atoms with van der Waals surface area (Å²) in [4.78, 5) is 0.00586. The summed E-state index contributed by atoms with van der Waals surface area (Å²) in [6, 6.07) is 12.7. The van der Waals surface area contributed by atoms with E-state index in [9.17, 15) is 8.42 Å².